The van der Waals surface area contributed by atoms with Crippen molar-refractivity contribution in [2.75, 3.05) is 31.1 Å². The fourth-order valence-corrected chi connectivity index (χ4v) is 3.57. The van der Waals surface area contributed by atoms with Crippen LogP contribution in [0.5, 0.6) is 0 Å². The van der Waals surface area contributed by atoms with Crippen molar-refractivity contribution in [1.82, 2.24) is 4.90 Å². The molecule has 1 N–H and O–H groups in total. The third-order valence-corrected chi connectivity index (χ3v) is 4.87. The number of fused-ring (bicyclic) bond motifs is 1. The molecule has 4 heteroatoms. The number of rotatable bonds is 4. The van der Waals surface area contributed by atoms with E-state index in [4.69, 9.17) is 0 Å². The predicted molar refractivity (Wildman–Crippen MR) is 88.0 cm³/mol. The van der Waals surface area contributed by atoms with E-state index < -0.39 is 6.10 Å². The molecule has 1 aromatic carbocycles. The number of carbonyl (C=O) groups is 1. The first-order valence-electron chi connectivity index (χ1n) is 8.52. The summed E-state index contributed by atoms with van der Waals surface area (Å²) in [5.41, 5.74) is 3.20. The molecule has 22 heavy (non-hydrogen) atoms. The maximum atomic E-state index is 11.9. The second kappa shape index (κ2) is 6.80. The minimum atomic E-state index is -0.431. The first kappa shape index (κ1) is 15.5. The van der Waals surface area contributed by atoms with Crippen LogP contribution in [-0.2, 0) is 11.2 Å². The third kappa shape index (κ3) is 3.18. The number of anilines is 1. The molecule has 120 valence electrons. The van der Waals surface area contributed by atoms with Crippen molar-refractivity contribution >= 4 is 11.6 Å². The number of nitrogens with zero attached hydrogens (tertiary/aromatic N) is 2. The summed E-state index contributed by atoms with van der Waals surface area (Å²) in [6, 6.07) is 6.08. The second-order valence-corrected chi connectivity index (χ2v) is 6.41. The lowest BCUT2D eigenvalue weighted by Gasteiger charge is -2.28. The molecule has 0 aliphatic carbocycles. The Labute approximate surface area is 132 Å². The van der Waals surface area contributed by atoms with E-state index in [1.165, 1.54) is 24.8 Å². The van der Waals surface area contributed by atoms with Crippen LogP contribution in [0.25, 0.3) is 0 Å². The van der Waals surface area contributed by atoms with Crippen LogP contribution in [0.15, 0.2) is 18.2 Å². The standard InChI is InChI=1S/C18H26N2O2/c1-2-18(22)20-11-8-14-12-15(6-7-16(14)20)17(21)13-19-9-4-3-5-10-19/h6-7,12,17,21H,2-5,8-11,13H2,1H3/t17-/m1/s1. The molecule has 1 amide bonds. The predicted octanol–water partition coefficient (Wildman–Crippen LogP) is 2.51. The van der Waals surface area contributed by atoms with E-state index in [0.717, 1.165) is 43.9 Å². The molecule has 0 bridgehead atoms. The summed E-state index contributed by atoms with van der Waals surface area (Å²) in [5, 5.41) is 10.5. The number of carbonyl (C=O) groups excluding carboxylic acids is 1. The molecular weight excluding hydrogens is 276 g/mol. The molecule has 0 radical (unpaired) electrons. The molecular formula is C18H26N2O2. The molecule has 2 aliphatic rings. The molecule has 1 aromatic rings. The number of piperidine rings is 1. The molecule has 4 nitrogen and oxygen atoms in total. The van der Waals surface area contributed by atoms with Gasteiger partial charge in [-0.2, -0.15) is 0 Å². The zero-order chi connectivity index (χ0) is 15.5. The summed E-state index contributed by atoms with van der Waals surface area (Å²) in [6.07, 6.45) is 4.80. The third-order valence-electron chi connectivity index (χ3n) is 4.87. The largest absolute Gasteiger partial charge is 0.387 e. The quantitative estimate of drug-likeness (QED) is 0.929. The maximum Gasteiger partial charge on any atom is 0.226 e. The average molecular weight is 302 g/mol. The molecule has 3 rings (SSSR count). The van der Waals surface area contributed by atoms with Gasteiger partial charge in [-0.3, -0.25) is 4.79 Å². The van der Waals surface area contributed by atoms with Gasteiger partial charge in [0.25, 0.3) is 0 Å². The van der Waals surface area contributed by atoms with Crippen LogP contribution >= 0.6 is 0 Å². The summed E-state index contributed by atoms with van der Waals surface area (Å²) >= 11 is 0. The monoisotopic (exact) mass is 302 g/mol. The Morgan fingerprint density at radius 2 is 2.00 bits per heavy atom. The lowest BCUT2D eigenvalue weighted by molar-refractivity contribution is -0.118. The van der Waals surface area contributed by atoms with Gasteiger partial charge >= 0.3 is 0 Å². The smallest absolute Gasteiger partial charge is 0.226 e. The summed E-state index contributed by atoms with van der Waals surface area (Å²) in [6.45, 7) is 5.59. The van der Waals surface area contributed by atoms with Crippen molar-refractivity contribution in [3.63, 3.8) is 0 Å². The number of likely N-dealkylation sites (tertiary alicyclic amines) is 1. The van der Waals surface area contributed by atoms with Gasteiger partial charge in [-0.15, -0.1) is 0 Å². The lowest BCUT2D eigenvalue weighted by atomic mass is 10.0. The molecule has 0 saturated carbocycles. The number of hydrogen-bond acceptors (Lipinski definition) is 3. The molecule has 1 fully saturated rings. The van der Waals surface area contributed by atoms with E-state index in [-0.39, 0.29) is 5.91 Å². The van der Waals surface area contributed by atoms with Crippen molar-refractivity contribution in [2.45, 2.75) is 45.1 Å². The van der Waals surface area contributed by atoms with Crippen LogP contribution in [0.4, 0.5) is 5.69 Å². The fraction of sp³-hybridized carbons (Fsp3) is 0.611. The number of benzene rings is 1. The Morgan fingerprint density at radius 1 is 1.23 bits per heavy atom. The highest BCUT2D eigenvalue weighted by molar-refractivity contribution is 5.95. The van der Waals surface area contributed by atoms with Crippen molar-refractivity contribution in [3.05, 3.63) is 29.3 Å². The average Bonchev–Trinajstić information content (AvgIpc) is 2.98. The Bertz CT molecular complexity index is 538. The molecule has 1 atom stereocenters. The zero-order valence-corrected chi connectivity index (χ0v) is 13.4. The Hall–Kier alpha value is -1.39. The van der Waals surface area contributed by atoms with Crippen LogP contribution in [-0.4, -0.2) is 42.1 Å². The van der Waals surface area contributed by atoms with Gasteiger partial charge in [0.2, 0.25) is 5.91 Å². The van der Waals surface area contributed by atoms with E-state index in [1.54, 1.807) is 0 Å². The van der Waals surface area contributed by atoms with Gasteiger partial charge in [-0.05, 0) is 49.5 Å². The van der Waals surface area contributed by atoms with Gasteiger partial charge in [0.05, 0.1) is 6.10 Å². The molecule has 0 aromatic heterocycles. The topological polar surface area (TPSA) is 43.8 Å². The Balaban J connectivity index is 1.69. The summed E-state index contributed by atoms with van der Waals surface area (Å²) in [7, 11) is 0. The lowest BCUT2D eigenvalue weighted by Crippen LogP contribution is -2.33. The molecule has 2 aliphatic heterocycles. The second-order valence-electron chi connectivity index (χ2n) is 6.41. The summed E-state index contributed by atoms with van der Waals surface area (Å²) < 4.78 is 0. The zero-order valence-electron chi connectivity index (χ0n) is 13.4. The van der Waals surface area contributed by atoms with E-state index >= 15 is 0 Å². The molecule has 2 heterocycles. The van der Waals surface area contributed by atoms with Gasteiger partial charge in [0.15, 0.2) is 0 Å². The molecule has 0 unspecified atom stereocenters. The Morgan fingerprint density at radius 3 is 2.73 bits per heavy atom. The van der Waals surface area contributed by atoms with E-state index in [2.05, 4.69) is 11.0 Å². The SMILES string of the molecule is CCC(=O)N1CCc2cc([C@H](O)CN3CCCCC3)ccc21. The number of amides is 1. The summed E-state index contributed by atoms with van der Waals surface area (Å²) in [5.74, 6) is 0.181. The minimum Gasteiger partial charge on any atom is -0.387 e. The van der Waals surface area contributed by atoms with Gasteiger partial charge in [-0.25, -0.2) is 0 Å². The van der Waals surface area contributed by atoms with Crippen molar-refractivity contribution in [1.29, 1.82) is 0 Å². The van der Waals surface area contributed by atoms with E-state index in [9.17, 15) is 9.90 Å². The fourth-order valence-electron chi connectivity index (χ4n) is 3.57. The van der Waals surface area contributed by atoms with Gasteiger partial charge in [-0.1, -0.05) is 25.5 Å². The summed E-state index contributed by atoms with van der Waals surface area (Å²) in [4.78, 5) is 16.2. The van der Waals surface area contributed by atoms with E-state index in [1.807, 2.05) is 24.0 Å². The number of β-amino-alcohol motifs (C(OH)–C–C–N with tert-alkyl or cyclic N) is 1. The first-order chi connectivity index (χ1) is 10.7. The highest BCUT2D eigenvalue weighted by atomic mass is 16.3. The van der Waals surface area contributed by atoms with Crippen molar-refractivity contribution < 1.29 is 9.90 Å². The number of hydrogen-bond donors (Lipinski definition) is 1. The van der Waals surface area contributed by atoms with Gasteiger partial charge < -0.3 is 14.9 Å². The van der Waals surface area contributed by atoms with Crippen LogP contribution in [0.1, 0.15) is 49.8 Å². The highest BCUT2D eigenvalue weighted by Gasteiger charge is 2.25. The van der Waals surface area contributed by atoms with Gasteiger partial charge in [0.1, 0.15) is 0 Å². The van der Waals surface area contributed by atoms with Crippen LogP contribution < -0.4 is 4.90 Å². The number of aliphatic hydroxyl groups excluding tert-OH is 1. The maximum absolute atomic E-state index is 11.9. The van der Waals surface area contributed by atoms with Crippen LogP contribution in [0, 0.1) is 0 Å². The van der Waals surface area contributed by atoms with Crippen molar-refractivity contribution in [2.24, 2.45) is 0 Å². The van der Waals surface area contributed by atoms with Gasteiger partial charge in [0, 0.05) is 25.2 Å². The minimum absolute atomic E-state index is 0.181. The normalized spacial score (nSPS) is 20.0. The van der Waals surface area contributed by atoms with Crippen LogP contribution in [0.2, 0.25) is 0 Å². The highest BCUT2D eigenvalue weighted by Crippen LogP contribution is 2.31. The molecule has 0 spiro atoms. The van der Waals surface area contributed by atoms with Crippen LogP contribution in [0.3, 0.4) is 0 Å². The Kier molecular flexibility index (Phi) is 4.79. The van der Waals surface area contributed by atoms with E-state index in [0.29, 0.717) is 6.42 Å². The molecule has 1 saturated heterocycles. The number of aliphatic hydroxyl groups is 1. The van der Waals surface area contributed by atoms with Crippen molar-refractivity contribution in [3.8, 4) is 0 Å². The first-order valence-corrected chi connectivity index (χ1v) is 8.52.